The van der Waals surface area contributed by atoms with Crippen molar-refractivity contribution in [2.45, 2.75) is 59.5 Å². The first-order valence-electron chi connectivity index (χ1n) is 5.22. The first kappa shape index (κ1) is 15.9. The average Bonchev–Trinajstić information content (AvgIpc) is 1.73. The van der Waals surface area contributed by atoms with Crippen molar-refractivity contribution in [2.24, 2.45) is 0 Å². The average molecular weight is 317 g/mol. The van der Waals surface area contributed by atoms with E-state index in [-0.39, 0.29) is 26.1 Å². The fraction of sp³-hybridized carbons (Fsp3) is 1.00. The molecule has 0 aromatic heterocycles. The fourth-order valence-electron chi connectivity index (χ4n) is 0.920. The van der Waals surface area contributed by atoms with Crippen molar-refractivity contribution in [3.8, 4) is 0 Å². The number of rotatable bonds is 6. The van der Waals surface area contributed by atoms with Crippen molar-refractivity contribution in [2.75, 3.05) is 0 Å². The Morgan fingerprint density at radius 2 is 1.33 bits per heavy atom. The monoisotopic (exact) mass is 318 g/mol. The van der Waals surface area contributed by atoms with Gasteiger partial charge in [0.05, 0.1) is 0 Å². The van der Waals surface area contributed by atoms with Crippen LogP contribution >= 0.6 is 6.29 Å². The molecule has 0 heterocycles. The molecule has 0 aliphatic rings. The van der Waals surface area contributed by atoms with Crippen molar-refractivity contribution in [1.82, 2.24) is 0 Å². The molecule has 6 heteroatoms. The third kappa shape index (κ3) is 8.67. The van der Waals surface area contributed by atoms with E-state index in [1.54, 1.807) is 0 Å². The van der Waals surface area contributed by atoms with Crippen LogP contribution in [0.15, 0.2) is 0 Å². The summed E-state index contributed by atoms with van der Waals surface area (Å²) in [5.74, 6) is 0. The summed E-state index contributed by atoms with van der Waals surface area (Å²) >= 11 is -0.0193. The molecule has 0 aromatic carbocycles. The molecule has 0 saturated heterocycles. The molecule has 0 radical (unpaired) electrons. The molecule has 0 saturated carbocycles. The molecule has 0 N–H and O–H groups in total. The maximum atomic E-state index is 12.5. The summed E-state index contributed by atoms with van der Waals surface area (Å²) in [5, 5.41) is 0. The van der Waals surface area contributed by atoms with E-state index in [9.17, 15) is 4.57 Å². The molecule has 0 amide bonds. The molecule has 0 aliphatic heterocycles. The summed E-state index contributed by atoms with van der Waals surface area (Å²) < 4.78 is 23.5. The van der Waals surface area contributed by atoms with Gasteiger partial charge < -0.3 is 0 Å². The predicted molar refractivity (Wildman–Crippen MR) is 69.1 cm³/mol. The van der Waals surface area contributed by atoms with Gasteiger partial charge in [-0.15, -0.1) is 0 Å². The van der Waals surface area contributed by atoms with Crippen LogP contribution in [0.25, 0.3) is 0 Å². The van der Waals surface area contributed by atoms with E-state index >= 15 is 0 Å². The SMILES string of the molecule is CC(C)OP(=O)(OC(C)C)[Se][Si](C)(C)C. The topological polar surface area (TPSA) is 35.5 Å². The Kier molecular flexibility index (Phi) is 6.35. The van der Waals surface area contributed by atoms with Crippen molar-refractivity contribution in [3.05, 3.63) is 0 Å². The Bertz CT molecular complexity index is 224. The van der Waals surface area contributed by atoms with E-state index in [1.807, 2.05) is 27.7 Å². The van der Waals surface area contributed by atoms with Gasteiger partial charge in [-0.05, 0) is 0 Å². The van der Waals surface area contributed by atoms with E-state index in [0.717, 1.165) is 0 Å². The number of hydrogen-bond donors (Lipinski definition) is 0. The number of hydrogen-bond acceptors (Lipinski definition) is 3. The van der Waals surface area contributed by atoms with E-state index in [4.69, 9.17) is 9.05 Å². The van der Waals surface area contributed by atoms with E-state index in [1.165, 1.54) is 0 Å². The molecule has 0 spiro atoms. The van der Waals surface area contributed by atoms with Crippen molar-refractivity contribution < 1.29 is 13.6 Å². The summed E-state index contributed by atoms with van der Waals surface area (Å²) in [6, 6.07) is 0. The van der Waals surface area contributed by atoms with Crippen molar-refractivity contribution in [1.29, 1.82) is 0 Å². The van der Waals surface area contributed by atoms with Gasteiger partial charge in [0, 0.05) is 0 Å². The maximum absolute atomic E-state index is 12.5. The van der Waals surface area contributed by atoms with Gasteiger partial charge in [0.1, 0.15) is 0 Å². The van der Waals surface area contributed by atoms with Gasteiger partial charge in [0.15, 0.2) is 0 Å². The zero-order valence-corrected chi connectivity index (χ0v) is 14.3. The molecule has 0 bridgehead atoms. The summed E-state index contributed by atoms with van der Waals surface area (Å²) in [7, 11) is 0. The van der Waals surface area contributed by atoms with E-state index in [0.29, 0.717) is 0 Å². The molecule has 0 rings (SSSR count). The first-order chi connectivity index (χ1) is 6.54. The minimum absolute atomic E-state index is 0.0193. The van der Waals surface area contributed by atoms with Crippen LogP contribution < -0.4 is 0 Å². The van der Waals surface area contributed by atoms with Crippen LogP contribution in [0.5, 0.6) is 0 Å². The van der Waals surface area contributed by atoms with Gasteiger partial charge in [-0.2, -0.15) is 0 Å². The minimum atomic E-state index is -2.83. The van der Waals surface area contributed by atoms with Crippen LogP contribution in [-0.2, 0) is 13.6 Å². The first-order valence-corrected chi connectivity index (χ1v) is 15.0. The predicted octanol–water partition coefficient (Wildman–Crippen LogP) is 3.48. The van der Waals surface area contributed by atoms with Crippen LogP contribution in [-0.4, -0.2) is 32.8 Å². The zero-order valence-electron chi connectivity index (χ0n) is 10.7. The normalized spacial score (nSPS) is 13.9. The summed E-state index contributed by atoms with van der Waals surface area (Å²) in [6.07, 6.45) is -2.90. The molecule has 0 unspecified atom stereocenters. The van der Waals surface area contributed by atoms with Gasteiger partial charge in [0.25, 0.3) is 0 Å². The van der Waals surface area contributed by atoms with Crippen LogP contribution in [0.2, 0.25) is 19.6 Å². The quantitative estimate of drug-likeness (QED) is 0.556. The molecule has 0 aromatic rings. The van der Waals surface area contributed by atoms with Crippen LogP contribution in [0, 0.1) is 0 Å². The van der Waals surface area contributed by atoms with Crippen LogP contribution in [0.4, 0.5) is 0 Å². The van der Waals surface area contributed by atoms with Gasteiger partial charge in [-0.25, -0.2) is 0 Å². The molecule has 0 aliphatic carbocycles. The zero-order chi connectivity index (χ0) is 12.3. The fourth-order valence-corrected chi connectivity index (χ4v) is 21.5. The van der Waals surface area contributed by atoms with Gasteiger partial charge in [-0.3, -0.25) is 0 Å². The van der Waals surface area contributed by atoms with Crippen LogP contribution in [0.3, 0.4) is 0 Å². The Morgan fingerprint density at radius 3 is 1.53 bits per heavy atom. The molecule has 0 atom stereocenters. The third-order valence-corrected chi connectivity index (χ3v) is 21.2. The molecular formula is C9H23O3PSeSi. The van der Waals surface area contributed by atoms with Gasteiger partial charge in [0.2, 0.25) is 0 Å². The third-order valence-electron chi connectivity index (χ3n) is 1.07. The molecule has 0 fully saturated rings. The standard InChI is InChI=1S/C9H23O3PSeSi/c1-8(2)11-13(10,12-9(3)4)14-15(5,6)7/h8-9H,1-7H3. The molecule has 15 heavy (non-hydrogen) atoms. The summed E-state index contributed by atoms with van der Waals surface area (Å²) in [6.45, 7) is 12.8. The Balaban J connectivity index is 4.63. The second-order valence-corrected chi connectivity index (χ2v) is 25.2. The molecule has 92 valence electrons. The van der Waals surface area contributed by atoms with E-state index in [2.05, 4.69) is 19.6 Å². The summed E-state index contributed by atoms with van der Waals surface area (Å²) in [4.78, 5) is 0. The second-order valence-electron chi connectivity index (χ2n) is 4.96. The molecule has 3 nitrogen and oxygen atoms in total. The Morgan fingerprint density at radius 1 is 1.00 bits per heavy atom. The van der Waals surface area contributed by atoms with Crippen LogP contribution in [0.1, 0.15) is 27.7 Å². The molecular weight excluding hydrogens is 294 g/mol. The Hall–Kier alpha value is 0.886. The van der Waals surface area contributed by atoms with Gasteiger partial charge >= 0.3 is 100.0 Å². The second kappa shape index (κ2) is 5.99. The van der Waals surface area contributed by atoms with Crippen molar-refractivity contribution in [3.63, 3.8) is 0 Å². The van der Waals surface area contributed by atoms with Gasteiger partial charge in [-0.1, -0.05) is 0 Å². The van der Waals surface area contributed by atoms with Crippen molar-refractivity contribution >= 4 is 26.8 Å². The van der Waals surface area contributed by atoms with E-state index < -0.39 is 13.0 Å². The summed E-state index contributed by atoms with van der Waals surface area (Å²) in [5.41, 5.74) is 0. The Labute approximate surface area is 100 Å².